The second kappa shape index (κ2) is 9.42. The van der Waals surface area contributed by atoms with Gasteiger partial charge in [-0.25, -0.2) is 4.39 Å². The van der Waals surface area contributed by atoms with Gasteiger partial charge in [-0.15, -0.1) is 0 Å². The average molecular weight is 430 g/mol. The van der Waals surface area contributed by atoms with Crippen molar-refractivity contribution in [2.24, 2.45) is 0 Å². The van der Waals surface area contributed by atoms with Crippen molar-refractivity contribution in [1.82, 2.24) is 0 Å². The summed E-state index contributed by atoms with van der Waals surface area (Å²) in [5.41, 5.74) is 3.08. The third-order valence-corrected chi connectivity index (χ3v) is 4.59. The fraction of sp³-hybridized carbons (Fsp3) is 0.182. The first-order chi connectivity index (χ1) is 13.1. The Balaban J connectivity index is 1.55. The van der Waals surface area contributed by atoms with Crippen LogP contribution in [0.3, 0.4) is 0 Å². The van der Waals surface area contributed by atoms with Gasteiger partial charge in [0.15, 0.2) is 0 Å². The largest absolute Gasteiger partial charge is 0.494 e. The fourth-order valence-corrected chi connectivity index (χ4v) is 3.09. The van der Waals surface area contributed by atoms with Crippen molar-refractivity contribution in [3.63, 3.8) is 0 Å². The van der Waals surface area contributed by atoms with E-state index < -0.39 is 0 Å². The van der Waals surface area contributed by atoms with E-state index in [2.05, 4.69) is 21.2 Å². The van der Waals surface area contributed by atoms with Crippen molar-refractivity contribution in [3.8, 4) is 11.5 Å². The number of halogens is 2. The van der Waals surface area contributed by atoms with Gasteiger partial charge >= 0.3 is 0 Å². The summed E-state index contributed by atoms with van der Waals surface area (Å²) >= 11 is 3.56. The molecule has 140 valence electrons. The molecule has 0 atom stereocenters. The first kappa shape index (κ1) is 19.2. The molecule has 0 saturated heterocycles. The quantitative estimate of drug-likeness (QED) is 0.463. The second-order valence-electron chi connectivity index (χ2n) is 5.99. The summed E-state index contributed by atoms with van der Waals surface area (Å²) in [7, 11) is 0. The molecule has 0 aliphatic rings. The Morgan fingerprint density at radius 1 is 0.889 bits per heavy atom. The molecule has 1 N–H and O–H groups in total. The zero-order valence-electron chi connectivity index (χ0n) is 15.0. The van der Waals surface area contributed by atoms with Crippen molar-refractivity contribution in [3.05, 3.63) is 88.1 Å². The molecule has 0 unspecified atom stereocenters. The summed E-state index contributed by atoms with van der Waals surface area (Å²) in [6.07, 6.45) is 0. The Hall–Kier alpha value is -2.53. The summed E-state index contributed by atoms with van der Waals surface area (Å²) in [6.45, 7) is 3.72. The molecule has 0 aliphatic carbocycles. The van der Waals surface area contributed by atoms with E-state index >= 15 is 0 Å². The molecule has 3 aromatic carbocycles. The molecule has 0 aliphatic heterocycles. The zero-order chi connectivity index (χ0) is 19.1. The lowest BCUT2D eigenvalue weighted by Gasteiger charge is -2.11. The van der Waals surface area contributed by atoms with Gasteiger partial charge in [0.05, 0.1) is 11.1 Å². The number of benzene rings is 3. The molecule has 0 radical (unpaired) electrons. The lowest BCUT2D eigenvalue weighted by atomic mass is 10.2. The summed E-state index contributed by atoms with van der Waals surface area (Å²) < 4.78 is 25.1. The van der Waals surface area contributed by atoms with E-state index in [1.165, 1.54) is 12.1 Å². The lowest BCUT2D eigenvalue weighted by Crippen LogP contribution is -2.01. The van der Waals surface area contributed by atoms with Crippen LogP contribution in [0, 0.1) is 5.82 Å². The van der Waals surface area contributed by atoms with Crippen molar-refractivity contribution in [1.29, 1.82) is 0 Å². The number of hydrogen-bond acceptors (Lipinski definition) is 3. The predicted octanol–water partition coefficient (Wildman–Crippen LogP) is 6.18. The fourth-order valence-electron chi connectivity index (χ4n) is 2.55. The first-order valence-electron chi connectivity index (χ1n) is 8.76. The molecule has 0 saturated carbocycles. The monoisotopic (exact) mass is 429 g/mol. The van der Waals surface area contributed by atoms with Gasteiger partial charge in [-0.3, -0.25) is 0 Å². The third kappa shape index (κ3) is 5.73. The van der Waals surface area contributed by atoms with Crippen molar-refractivity contribution in [2.45, 2.75) is 20.1 Å². The van der Waals surface area contributed by atoms with Crippen molar-refractivity contribution < 1.29 is 13.9 Å². The number of nitrogens with one attached hydrogen (secondary N) is 1. The highest BCUT2D eigenvalue weighted by molar-refractivity contribution is 9.10. The second-order valence-corrected chi connectivity index (χ2v) is 6.85. The molecular formula is C22H21BrFNO2. The Labute approximate surface area is 167 Å². The maximum Gasteiger partial charge on any atom is 0.134 e. The Kier molecular flexibility index (Phi) is 6.71. The van der Waals surface area contributed by atoms with Crippen molar-refractivity contribution >= 4 is 21.6 Å². The molecule has 0 bridgehead atoms. The minimum atomic E-state index is -0.246. The standard InChI is InChI=1S/C22H21BrFNO2/c1-2-26-20-10-8-19(9-11-20)25-14-17-5-12-22(21(23)13-17)27-15-16-3-6-18(24)7-4-16/h3-13,25H,2,14-15H2,1H3. The maximum atomic E-state index is 12.9. The van der Waals surface area contributed by atoms with E-state index in [9.17, 15) is 4.39 Å². The lowest BCUT2D eigenvalue weighted by molar-refractivity contribution is 0.304. The average Bonchev–Trinajstić information content (AvgIpc) is 2.68. The highest BCUT2D eigenvalue weighted by atomic mass is 79.9. The van der Waals surface area contributed by atoms with Gasteiger partial charge < -0.3 is 14.8 Å². The van der Waals surface area contributed by atoms with Gasteiger partial charge in [0.2, 0.25) is 0 Å². The number of hydrogen-bond donors (Lipinski definition) is 1. The minimum absolute atomic E-state index is 0.246. The van der Waals surface area contributed by atoms with Gasteiger partial charge in [-0.2, -0.15) is 0 Å². The number of anilines is 1. The summed E-state index contributed by atoms with van der Waals surface area (Å²) in [6, 6.07) is 20.2. The van der Waals surface area contributed by atoms with Crippen LogP contribution in [-0.4, -0.2) is 6.61 Å². The molecule has 0 amide bonds. The molecular weight excluding hydrogens is 409 g/mol. The summed E-state index contributed by atoms with van der Waals surface area (Å²) in [5, 5.41) is 3.39. The molecule has 0 fully saturated rings. The van der Waals surface area contributed by atoms with Crippen LogP contribution in [0.25, 0.3) is 0 Å². The highest BCUT2D eigenvalue weighted by Crippen LogP contribution is 2.27. The van der Waals surface area contributed by atoms with E-state index in [1.54, 1.807) is 12.1 Å². The molecule has 0 spiro atoms. The van der Waals surface area contributed by atoms with E-state index in [0.29, 0.717) is 19.8 Å². The van der Waals surface area contributed by atoms with E-state index in [-0.39, 0.29) is 5.82 Å². The molecule has 3 aromatic rings. The molecule has 0 heterocycles. The SMILES string of the molecule is CCOc1ccc(NCc2ccc(OCc3ccc(F)cc3)c(Br)c2)cc1. The molecule has 3 rings (SSSR count). The molecule has 0 aromatic heterocycles. The predicted molar refractivity (Wildman–Crippen MR) is 110 cm³/mol. The van der Waals surface area contributed by atoms with Crippen LogP contribution in [0.2, 0.25) is 0 Å². The van der Waals surface area contributed by atoms with E-state index in [4.69, 9.17) is 9.47 Å². The van der Waals surface area contributed by atoms with Crippen LogP contribution in [0.1, 0.15) is 18.1 Å². The zero-order valence-corrected chi connectivity index (χ0v) is 16.6. The Morgan fingerprint density at radius 3 is 2.26 bits per heavy atom. The van der Waals surface area contributed by atoms with Crippen LogP contribution in [-0.2, 0) is 13.2 Å². The van der Waals surface area contributed by atoms with Crippen LogP contribution in [0.15, 0.2) is 71.2 Å². The summed E-state index contributed by atoms with van der Waals surface area (Å²) in [5.74, 6) is 1.38. The Morgan fingerprint density at radius 2 is 1.59 bits per heavy atom. The molecule has 5 heteroatoms. The van der Waals surface area contributed by atoms with Gasteiger partial charge in [0.1, 0.15) is 23.9 Å². The Bertz CT molecular complexity index is 866. The normalized spacial score (nSPS) is 10.5. The van der Waals surface area contributed by atoms with Gasteiger partial charge in [-0.05, 0) is 82.5 Å². The topological polar surface area (TPSA) is 30.5 Å². The molecule has 3 nitrogen and oxygen atoms in total. The van der Waals surface area contributed by atoms with Crippen LogP contribution >= 0.6 is 15.9 Å². The molecule has 27 heavy (non-hydrogen) atoms. The number of ether oxygens (including phenoxy) is 2. The van der Waals surface area contributed by atoms with Gasteiger partial charge in [0, 0.05) is 12.2 Å². The van der Waals surface area contributed by atoms with Gasteiger partial charge in [0.25, 0.3) is 0 Å². The van der Waals surface area contributed by atoms with E-state index in [0.717, 1.165) is 32.8 Å². The smallest absolute Gasteiger partial charge is 0.134 e. The van der Waals surface area contributed by atoms with Crippen LogP contribution < -0.4 is 14.8 Å². The van der Waals surface area contributed by atoms with Gasteiger partial charge in [-0.1, -0.05) is 18.2 Å². The van der Waals surface area contributed by atoms with Crippen LogP contribution in [0.4, 0.5) is 10.1 Å². The number of rotatable bonds is 8. The van der Waals surface area contributed by atoms with E-state index in [1.807, 2.05) is 49.4 Å². The first-order valence-corrected chi connectivity index (χ1v) is 9.56. The van der Waals surface area contributed by atoms with Crippen LogP contribution in [0.5, 0.6) is 11.5 Å². The minimum Gasteiger partial charge on any atom is -0.494 e. The highest BCUT2D eigenvalue weighted by Gasteiger charge is 2.04. The third-order valence-electron chi connectivity index (χ3n) is 3.97. The van der Waals surface area contributed by atoms with Crippen molar-refractivity contribution in [2.75, 3.05) is 11.9 Å². The summed E-state index contributed by atoms with van der Waals surface area (Å²) in [4.78, 5) is 0. The maximum absolute atomic E-state index is 12.9.